The van der Waals surface area contributed by atoms with E-state index in [1.807, 2.05) is 37.4 Å². The molecule has 11 heteroatoms. The van der Waals surface area contributed by atoms with Crippen LogP contribution in [0.3, 0.4) is 0 Å². The highest BCUT2D eigenvalue weighted by Crippen LogP contribution is 2.32. The van der Waals surface area contributed by atoms with Gasteiger partial charge in [-0.25, -0.2) is 4.79 Å². The summed E-state index contributed by atoms with van der Waals surface area (Å²) in [5.41, 5.74) is 1.19. The van der Waals surface area contributed by atoms with Gasteiger partial charge in [0.15, 0.2) is 5.82 Å². The first-order chi connectivity index (χ1) is 17.3. The Bertz CT molecular complexity index is 1380. The van der Waals surface area contributed by atoms with E-state index in [0.717, 1.165) is 40.1 Å². The summed E-state index contributed by atoms with van der Waals surface area (Å²) in [4.78, 5) is 14.5. The molecule has 1 fully saturated rings. The number of nitrogens with one attached hydrogen (secondary N) is 2. The minimum absolute atomic E-state index is 0.0661. The Morgan fingerprint density at radius 2 is 1.67 bits per heavy atom. The third-order valence-electron chi connectivity index (χ3n) is 6.33. The van der Waals surface area contributed by atoms with Crippen molar-refractivity contribution in [3.63, 3.8) is 0 Å². The number of amides is 2. The molecule has 4 aromatic rings. The third-order valence-corrected chi connectivity index (χ3v) is 6.33. The van der Waals surface area contributed by atoms with Gasteiger partial charge in [0.2, 0.25) is 0 Å². The van der Waals surface area contributed by atoms with E-state index in [1.165, 1.54) is 12.1 Å². The number of carbonyl (C=O) groups is 1. The molecule has 1 saturated heterocycles. The zero-order valence-corrected chi connectivity index (χ0v) is 19.5. The van der Waals surface area contributed by atoms with Crippen LogP contribution < -0.4 is 15.5 Å². The van der Waals surface area contributed by atoms with Crippen LogP contribution in [-0.2, 0) is 13.2 Å². The van der Waals surface area contributed by atoms with Crippen molar-refractivity contribution >= 4 is 28.3 Å². The zero-order chi connectivity index (χ0) is 25.3. The molecule has 0 spiro atoms. The molecular formula is C25H24F3N7O. The molecule has 0 aliphatic carbocycles. The van der Waals surface area contributed by atoms with Crippen molar-refractivity contribution in [1.29, 1.82) is 0 Å². The van der Waals surface area contributed by atoms with Crippen LogP contribution in [-0.4, -0.2) is 45.1 Å². The Balaban J connectivity index is 1.23. The average molecular weight is 496 g/mol. The van der Waals surface area contributed by atoms with Crippen molar-refractivity contribution in [1.82, 2.24) is 25.3 Å². The van der Waals surface area contributed by atoms with Gasteiger partial charge in [-0.3, -0.25) is 4.68 Å². The van der Waals surface area contributed by atoms with Crippen molar-refractivity contribution in [2.24, 2.45) is 7.05 Å². The highest BCUT2D eigenvalue weighted by atomic mass is 19.4. The first-order valence-electron chi connectivity index (χ1n) is 11.5. The Hall–Kier alpha value is -4.15. The number of hydrogen-bond donors (Lipinski definition) is 2. The van der Waals surface area contributed by atoms with Gasteiger partial charge in [0.05, 0.1) is 11.3 Å². The molecule has 2 N–H and O–H groups in total. The molecule has 8 nitrogen and oxygen atoms in total. The molecule has 2 aromatic carbocycles. The number of nitrogens with zero attached hydrogens (tertiary/aromatic N) is 5. The minimum Gasteiger partial charge on any atom is -0.354 e. The van der Waals surface area contributed by atoms with Crippen molar-refractivity contribution in [3.8, 4) is 11.4 Å². The van der Waals surface area contributed by atoms with Crippen molar-refractivity contribution in [2.75, 3.05) is 23.3 Å². The van der Waals surface area contributed by atoms with E-state index in [1.54, 1.807) is 10.9 Å². The lowest BCUT2D eigenvalue weighted by atomic mass is 10.0. The van der Waals surface area contributed by atoms with E-state index in [4.69, 9.17) is 0 Å². The number of halogens is 3. The fraction of sp³-hybridized carbons (Fsp3) is 0.280. The largest absolute Gasteiger partial charge is 0.416 e. The Labute approximate surface area is 205 Å². The number of anilines is 2. The van der Waals surface area contributed by atoms with Crippen molar-refractivity contribution < 1.29 is 18.0 Å². The molecule has 0 atom stereocenters. The maximum Gasteiger partial charge on any atom is 0.416 e. The van der Waals surface area contributed by atoms with Gasteiger partial charge in [0.25, 0.3) is 0 Å². The minimum atomic E-state index is -4.41. The van der Waals surface area contributed by atoms with Gasteiger partial charge in [-0.2, -0.15) is 18.3 Å². The number of rotatable bonds is 4. The Morgan fingerprint density at radius 1 is 0.972 bits per heavy atom. The summed E-state index contributed by atoms with van der Waals surface area (Å²) in [6, 6.07) is 13.8. The fourth-order valence-corrected chi connectivity index (χ4v) is 4.45. The van der Waals surface area contributed by atoms with Crippen LogP contribution in [0, 0.1) is 0 Å². The molecule has 36 heavy (non-hydrogen) atoms. The number of urea groups is 1. The van der Waals surface area contributed by atoms with Crippen molar-refractivity contribution in [3.05, 3.63) is 66.4 Å². The fourth-order valence-electron chi connectivity index (χ4n) is 4.45. The number of fused-ring (bicyclic) bond motifs is 1. The molecule has 3 heterocycles. The van der Waals surface area contributed by atoms with Crippen LogP contribution in [0.25, 0.3) is 22.2 Å². The van der Waals surface area contributed by atoms with Crippen LogP contribution in [0.1, 0.15) is 18.4 Å². The summed E-state index contributed by atoms with van der Waals surface area (Å²) >= 11 is 0. The number of aromatic nitrogens is 4. The Morgan fingerprint density at radius 3 is 2.31 bits per heavy atom. The van der Waals surface area contributed by atoms with Crippen LogP contribution in [0.5, 0.6) is 0 Å². The zero-order valence-electron chi connectivity index (χ0n) is 19.5. The van der Waals surface area contributed by atoms with Gasteiger partial charge in [-0.05, 0) is 43.2 Å². The highest BCUT2D eigenvalue weighted by Gasteiger charge is 2.30. The molecule has 5 rings (SSSR count). The first kappa shape index (κ1) is 23.6. The second kappa shape index (κ2) is 9.48. The van der Waals surface area contributed by atoms with E-state index in [-0.39, 0.29) is 6.04 Å². The van der Waals surface area contributed by atoms with Crippen LogP contribution >= 0.6 is 0 Å². The number of piperidine rings is 1. The van der Waals surface area contributed by atoms with Gasteiger partial charge in [-0.1, -0.05) is 24.3 Å². The van der Waals surface area contributed by atoms with Crippen molar-refractivity contribution in [2.45, 2.75) is 25.1 Å². The van der Waals surface area contributed by atoms with Gasteiger partial charge < -0.3 is 15.5 Å². The lowest BCUT2D eigenvalue weighted by molar-refractivity contribution is -0.137. The van der Waals surface area contributed by atoms with E-state index in [9.17, 15) is 18.0 Å². The van der Waals surface area contributed by atoms with E-state index in [0.29, 0.717) is 31.6 Å². The summed E-state index contributed by atoms with van der Waals surface area (Å²) < 4.78 is 39.9. The van der Waals surface area contributed by atoms with E-state index < -0.39 is 17.8 Å². The second-order valence-corrected chi connectivity index (χ2v) is 8.69. The molecule has 186 valence electrons. The predicted molar refractivity (Wildman–Crippen MR) is 131 cm³/mol. The number of carbonyl (C=O) groups excluding carboxylic acids is 1. The maximum atomic E-state index is 12.7. The molecular weight excluding hydrogens is 471 g/mol. The molecule has 2 aromatic heterocycles. The smallest absolute Gasteiger partial charge is 0.354 e. The number of hydrogen-bond acceptors (Lipinski definition) is 5. The highest BCUT2D eigenvalue weighted by molar-refractivity contribution is 5.99. The second-order valence-electron chi connectivity index (χ2n) is 8.69. The number of benzene rings is 2. The molecule has 0 unspecified atom stereocenters. The molecule has 0 radical (unpaired) electrons. The number of alkyl halides is 3. The van der Waals surface area contributed by atoms with Gasteiger partial charge in [0, 0.05) is 48.8 Å². The molecule has 0 bridgehead atoms. The topological polar surface area (TPSA) is 88.0 Å². The van der Waals surface area contributed by atoms with Crippen LogP contribution in [0.15, 0.2) is 60.8 Å². The summed E-state index contributed by atoms with van der Waals surface area (Å²) in [6.07, 6.45) is -1.30. The summed E-state index contributed by atoms with van der Waals surface area (Å²) in [5.74, 6) is 0.796. The number of aryl methyl sites for hydroxylation is 1. The molecule has 1 aliphatic rings. The molecule has 0 saturated carbocycles. The van der Waals surface area contributed by atoms with E-state index in [2.05, 4.69) is 30.8 Å². The third kappa shape index (κ3) is 4.81. The average Bonchev–Trinajstić information content (AvgIpc) is 3.29. The summed E-state index contributed by atoms with van der Waals surface area (Å²) in [5, 5.41) is 20.8. The lowest BCUT2D eigenvalue weighted by Crippen LogP contribution is -2.46. The molecule has 1 aliphatic heterocycles. The maximum absolute atomic E-state index is 12.7. The van der Waals surface area contributed by atoms with Crippen LogP contribution in [0.4, 0.5) is 29.5 Å². The summed E-state index contributed by atoms with van der Waals surface area (Å²) in [7, 11) is 1.87. The normalized spacial score (nSPS) is 14.7. The predicted octanol–water partition coefficient (Wildman–Crippen LogP) is 4.84. The Kier molecular flexibility index (Phi) is 6.21. The van der Waals surface area contributed by atoms with E-state index >= 15 is 0 Å². The van der Waals surface area contributed by atoms with Gasteiger partial charge >= 0.3 is 12.2 Å². The first-order valence-corrected chi connectivity index (χ1v) is 11.5. The monoisotopic (exact) mass is 495 g/mol. The SMILES string of the molecule is Cn1nccc1-c1nnc(N2CCC(NC(=O)Nc3ccc(C(F)(F)F)cc3)CC2)c2ccccc12. The lowest BCUT2D eigenvalue weighted by Gasteiger charge is -2.33. The van der Waals surface area contributed by atoms with Gasteiger partial charge in [-0.15, -0.1) is 10.2 Å². The van der Waals surface area contributed by atoms with Gasteiger partial charge in [0.1, 0.15) is 5.69 Å². The summed E-state index contributed by atoms with van der Waals surface area (Å²) in [6.45, 7) is 1.35. The quantitative estimate of drug-likeness (QED) is 0.423. The standard InChI is InChI=1S/C25H24F3N7O/c1-34-21(10-13-29-34)22-19-4-2-3-5-20(19)23(33-32-22)35-14-11-18(12-15-35)31-24(36)30-17-8-6-16(7-9-17)25(26,27)28/h2-10,13,18H,11-12,14-15H2,1H3,(H2,30,31,36). The van der Waals surface area contributed by atoms with Crippen LogP contribution in [0.2, 0.25) is 0 Å². The molecule has 2 amide bonds.